The molecule has 1 aromatic heterocycles. The van der Waals surface area contributed by atoms with Crippen LogP contribution in [-0.2, 0) is 11.2 Å². The molecule has 1 aromatic carbocycles. The van der Waals surface area contributed by atoms with E-state index in [2.05, 4.69) is 24.0 Å². The molecule has 2 amide bonds. The van der Waals surface area contributed by atoms with Crippen LogP contribution in [0.1, 0.15) is 39.3 Å². The van der Waals surface area contributed by atoms with Crippen molar-refractivity contribution in [3.63, 3.8) is 0 Å². The molecule has 138 valence electrons. The number of nitrogens with zero attached hydrogens (tertiary/aromatic N) is 2. The third-order valence-corrected chi connectivity index (χ3v) is 5.17. The number of aryl methyl sites for hydroxylation is 4. The van der Waals surface area contributed by atoms with E-state index in [-0.39, 0.29) is 11.8 Å². The van der Waals surface area contributed by atoms with Gasteiger partial charge in [0, 0.05) is 44.0 Å². The first-order valence-corrected chi connectivity index (χ1v) is 9.23. The van der Waals surface area contributed by atoms with Crippen molar-refractivity contribution in [1.29, 1.82) is 0 Å². The van der Waals surface area contributed by atoms with Gasteiger partial charge in [0.05, 0.1) is 5.56 Å². The zero-order valence-corrected chi connectivity index (χ0v) is 15.8. The minimum absolute atomic E-state index is 0.0545. The van der Waals surface area contributed by atoms with E-state index in [4.69, 9.17) is 0 Å². The Balaban J connectivity index is 1.51. The summed E-state index contributed by atoms with van der Waals surface area (Å²) < 4.78 is 0. The number of hydrogen-bond donors (Lipinski definition) is 1. The first kappa shape index (κ1) is 18.2. The van der Waals surface area contributed by atoms with Crippen LogP contribution in [0.2, 0.25) is 0 Å². The first-order valence-electron chi connectivity index (χ1n) is 9.23. The molecule has 0 saturated carbocycles. The van der Waals surface area contributed by atoms with Crippen molar-refractivity contribution in [1.82, 2.24) is 14.8 Å². The van der Waals surface area contributed by atoms with Gasteiger partial charge in [-0.1, -0.05) is 24.3 Å². The summed E-state index contributed by atoms with van der Waals surface area (Å²) in [4.78, 5) is 32.1. The van der Waals surface area contributed by atoms with Crippen LogP contribution in [0.25, 0.3) is 0 Å². The van der Waals surface area contributed by atoms with Crippen molar-refractivity contribution < 1.29 is 9.59 Å². The van der Waals surface area contributed by atoms with Gasteiger partial charge in [-0.2, -0.15) is 0 Å². The van der Waals surface area contributed by atoms with Gasteiger partial charge in [-0.3, -0.25) is 9.59 Å². The van der Waals surface area contributed by atoms with Gasteiger partial charge in [-0.15, -0.1) is 0 Å². The largest absolute Gasteiger partial charge is 0.362 e. The van der Waals surface area contributed by atoms with Gasteiger partial charge in [0.1, 0.15) is 0 Å². The van der Waals surface area contributed by atoms with Crippen LogP contribution in [0.15, 0.2) is 30.3 Å². The number of amides is 2. The Morgan fingerprint density at radius 2 is 1.65 bits per heavy atom. The summed E-state index contributed by atoms with van der Waals surface area (Å²) in [6, 6.07) is 10.1. The molecule has 3 rings (SSSR count). The summed E-state index contributed by atoms with van der Waals surface area (Å²) >= 11 is 0. The fourth-order valence-electron chi connectivity index (χ4n) is 3.57. The number of hydrogen-bond acceptors (Lipinski definition) is 2. The number of rotatable bonds is 4. The SMILES string of the molecule is Cc1cc(C(=O)N2CCN(C(=O)CCc3ccccc3C)CC2)c(C)[nH]1. The van der Waals surface area contributed by atoms with E-state index in [1.54, 1.807) is 0 Å². The monoisotopic (exact) mass is 353 g/mol. The van der Waals surface area contributed by atoms with E-state index < -0.39 is 0 Å². The molecule has 0 unspecified atom stereocenters. The van der Waals surface area contributed by atoms with E-state index in [1.165, 1.54) is 11.1 Å². The summed E-state index contributed by atoms with van der Waals surface area (Å²) in [5, 5.41) is 0. The normalized spacial score (nSPS) is 14.6. The van der Waals surface area contributed by atoms with Crippen LogP contribution in [-0.4, -0.2) is 52.8 Å². The molecule has 1 N–H and O–H groups in total. The maximum absolute atomic E-state index is 12.7. The van der Waals surface area contributed by atoms with Crippen LogP contribution in [0.3, 0.4) is 0 Å². The lowest BCUT2D eigenvalue weighted by molar-refractivity contribution is -0.132. The zero-order valence-electron chi connectivity index (χ0n) is 15.8. The molecule has 0 radical (unpaired) electrons. The van der Waals surface area contributed by atoms with Gasteiger partial charge in [0.25, 0.3) is 5.91 Å². The lowest BCUT2D eigenvalue weighted by Crippen LogP contribution is -2.50. The highest BCUT2D eigenvalue weighted by Gasteiger charge is 2.26. The molecule has 5 heteroatoms. The van der Waals surface area contributed by atoms with Crippen molar-refractivity contribution in [3.05, 3.63) is 58.4 Å². The highest BCUT2D eigenvalue weighted by molar-refractivity contribution is 5.95. The van der Waals surface area contributed by atoms with E-state index in [0.29, 0.717) is 32.6 Å². The van der Waals surface area contributed by atoms with Gasteiger partial charge < -0.3 is 14.8 Å². The van der Waals surface area contributed by atoms with Crippen molar-refractivity contribution in [2.75, 3.05) is 26.2 Å². The molecule has 0 bridgehead atoms. The Hall–Kier alpha value is -2.56. The summed E-state index contributed by atoms with van der Waals surface area (Å²) in [6.45, 7) is 8.37. The zero-order chi connectivity index (χ0) is 18.7. The van der Waals surface area contributed by atoms with Crippen LogP contribution < -0.4 is 0 Å². The van der Waals surface area contributed by atoms with Crippen LogP contribution in [0, 0.1) is 20.8 Å². The minimum atomic E-state index is 0.0545. The van der Waals surface area contributed by atoms with Gasteiger partial charge in [-0.05, 0) is 44.4 Å². The Bertz CT molecular complexity index is 801. The Kier molecular flexibility index (Phi) is 5.45. The number of carbonyl (C=O) groups excluding carboxylic acids is 2. The molecule has 0 spiro atoms. The molecule has 1 fully saturated rings. The quantitative estimate of drug-likeness (QED) is 0.919. The highest BCUT2D eigenvalue weighted by atomic mass is 16.2. The number of aromatic nitrogens is 1. The van der Waals surface area contributed by atoms with E-state index >= 15 is 0 Å². The predicted octanol–water partition coefficient (Wildman–Crippen LogP) is 2.86. The summed E-state index contributed by atoms with van der Waals surface area (Å²) in [5.41, 5.74) is 5.10. The Labute approximate surface area is 155 Å². The molecule has 0 atom stereocenters. The molecular weight excluding hydrogens is 326 g/mol. The second-order valence-corrected chi connectivity index (χ2v) is 7.09. The first-order chi connectivity index (χ1) is 12.5. The number of nitrogens with one attached hydrogen (secondary N) is 1. The lowest BCUT2D eigenvalue weighted by atomic mass is 10.0. The summed E-state index contributed by atoms with van der Waals surface area (Å²) in [5.74, 6) is 0.230. The molecular formula is C21H27N3O2. The van der Waals surface area contributed by atoms with Crippen LogP contribution in [0.4, 0.5) is 0 Å². The third kappa shape index (κ3) is 3.98. The lowest BCUT2D eigenvalue weighted by Gasteiger charge is -2.35. The van der Waals surface area contributed by atoms with Crippen molar-refractivity contribution in [2.45, 2.75) is 33.6 Å². The van der Waals surface area contributed by atoms with Crippen molar-refractivity contribution in [3.8, 4) is 0 Å². The second kappa shape index (κ2) is 7.77. The smallest absolute Gasteiger partial charge is 0.255 e. The van der Waals surface area contributed by atoms with Crippen molar-refractivity contribution in [2.24, 2.45) is 0 Å². The molecule has 1 saturated heterocycles. The number of H-pyrrole nitrogens is 1. The van der Waals surface area contributed by atoms with Crippen LogP contribution in [0.5, 0.6) is 0 Å². The van der Waals surface area contributed by atoms with Crippen molar-refractivity contribution >= 4 is 11.8 Å². The molecule has 1 aliphatic rings. The summed E-state index contributed by atoms with van der Waals surface area (Å²) in [7, 11) is 0. The second-order valence-electron chi connectivity index (χ2n) is 7.09. The maximum Gasteiger partial charge on any atom is 0.255 e. The highest BCUT2D eigenvalue weighted by Crippen LogP contribution is 2.15. The topological polar surface area (TPSA) is 56.4 Å². The average Bonchev–Trinajstić information content (AvgIpc) is 2.98. The molecule has 2 aromatic rings. The van der Waals surface area contributed by atoms with Crippen LogP contribution >= 0.6 is 0 Å². The van der Waals surface area contributed by atoms with Gasteiger partial charge in [0.2, 0.25) is 5.91 Å². The molecule has 2 heterocycles. The Morgan fingerprint density at radius 1 is 1.00 bits per heavy atom. The standard InChI is InChI=1S/C21H27N3O2/c1-15-6-4-5-7-18(15)8-9-20(25)23-10-12-24(13-11-23)21(26)19-14-16(2)22-17(19)3/h4-7,14,22H,8-13H2,1-3H3. The van der Waals surface area contributed by atoms with E-state index in [1.807, 2.05) is 41.8 Å². The van der Waals surface area contributed by atoms with E-state index in [9.17, 15) is 9.59 Å². The summed E-state index contributed by atoms with van der Waals surface area (Å²) in [6.07, 6.45) is 1.29. The fraction of sp³-hybridized carbons (Fsp3) is 0.429. The number of carbonyl (C=O) groups is 2. The molecule has 26 heavy (non-hydrogen) atoms. The Morgan fingerprint density at radius 3 is 2.27 bits per heavy atom. The number of aromatic amines is 1. The molecule has 5 nitrogen and oxygen atoms in total. The predicted molar refractivity (Wildman–Crippen MR) is 102 cm³/mol. The number of benzene rings is 1. The maximum atomic E-state index is 12.7. The van der Waals surface area contributed by atoms with Gasteiger partial charge >= 0.3 is 0 Å². The minimum Gasteiger partial charge on any atom is -0.362 e. The molecule has 0 aliphatic carbocycles. The number of piperazine rings is 1. The third-order valence-electron chi connectivity index (χ3n) is 5.17. The van der Waals surface area contributed by atoms with Gasteiger partial charge in [0.15, 0.2) is 0 Å². The van der Waals surface area contributed by atoms with Gasteiger partial charge in [-0.25, -0.2) is 0 Å². The van der Waals surface area contributed by atoms with E-state index in [0.717, 1.165) is 23.4 Å². The fourth-order valence-corrected chi connectivity index (χ4v) is 3.57. The average molecular weight is 353 g/mol. The molecule has 1 aliphatic heterocycles.